The Labute approximate surface area is 197 Å². The molecule has 10 heteroatoms. The number of methoxy groups -OCH3 is 2. The standard InChI is InChI=1S/C24H17ClF2N2O5/c1-33-18-11-19(34-2)14(25)10-13(18)22(30)20-21(16-5-3-4-8-28-16)29(24(32)23(20)31)17-9-12(26)6-7-15(17)27/h3-11,21,30H,1-2H3/b22-20+. The molecule has 0 spiro atoms. The minimum absolute atomic E-state index is 0.00746. The summed E-state index contributed by atoms with van der Waals surface area (Å²) in [5, 5.41) is 11.3. The van der Waals surface area contributed by atoms with Gasteiger partial charge in [0.15, 0.2) is 0 Å². The number of benzene rings is 2. The van der Waals surface area contributed by atoms with Gasteiger partial charge in [-0.05, 0) is 30.3 Å². The maximum atomic E-state index is 14.7. The number of hydrogen-bond acceptors (Lipinski definition) is 6. The maximum Gasteiger partial charge on any atom is 0.300 e. The number of ketones is 1. The van der Waals surface area contributed by atoms with E-state index in [1.807, 2.05) is 0 Å². The van der Waals surface area contributed by atoms with Crippen LogP contribution in [0.3, 0.4) is 0 Å². The fourth-order valence-electron chi connectivity index (χ4n) is 3.76. The van der Waals surface area contributed by atoms with Crippen molar-refractivity contribution in [3.05, 3.63) is 88.2 Å². The first kappa shape index (κ1) is 23.2. The van der Waals surface area contributed by atoms with E-state index in [0.717, 1.165) is 23.1 Å². The fraction of sp³-hybridized carbons (Fsp3) is 0.125. The molecule has 0 bridgehead atoms. The normalized spacial score (nSPS) is 17.2. The molecule has 0 aliphatic carbocycles. The van der Waals surface area contributed by atoms with Crippen LogP contribution in [-0.2, 0) is 9.59 Å². The number of nitrogens with zero attached hydrogens (tertiary/aromatic N) is 2. The first-order valence-electron chi connectivity index (χ1n) is 9.87. The van der Waals surface area contributed by atoms with Gasteiger partial charge < -0.3 is 14.6 Å². The predicted octanol–water partition coefficient (Wildman–Crippen LogP) is 4.66. The summed E-state index contributed by atoms with van der Waals surface area (Å²) in [5.74, 6) is -4.32. The van der Waals surface area contributed by atoms with E-state index in [1.165, 1.54) is 38.6 Å². The molecule has 1 amide bonds. The summed E-state index contributed by atoms with van der Waals surface area (Å²) < 4.78 is 39.1. The number of pyridine rings is 1. The molecule has 2 heterocycles. The number of carbonyl (C=O) groups is 2. The van der Waals surface area contributed by atoms with Crippen molar-refractivity contribution in [2.24, 2.45) is 0 Å². The van der Waals surface area contributed by atoms with Crippen molar-refractivity contribution in [1.29, 1.82) is 0 Å². The quantitative estimate of drug-likeness (QED) is 0.320. The Morgan fingerprint density at radius 2 is 1.79 bits per heavy atom. The zero-order chi connectivity index (χ0) is 24.6. The molecule has 34 heavy (non-hydrogen) atoms. The van der Waals surface area contributed by atoms with Gasteiger partial charge in [0.1, 0.15) is 34.9 Å². The average Bonchev–Trinajstić information content (AvgIpc) is 3.10. The van der Waals surface area contributed by atoms with E-state index < -0.39 is 46.4 Å². The first-order chi connectivity index (χ1) is 16.3. The summed E-state index contributed by atoms with van der Waals surface area (Å²) >= 11 is 6.21. The molecule has 174 valence electrons. The molecular formula is C24H17ClF2N2O5. The smallest absolute Gasteiger partial charge is 0.300 e. The van der Waals surface area contributed by atoms with Crippen LogP contribution in [0.5, 0.6) is 11.5 Å². The molecule has 1 fully saturated rings. The molecule has 0 radical (unpaired) electrons. The van der Waals surface area contributed by atoms with Crippen molar-refractivity contribution < 1.29 is 33.0 Å². The van der Waals surface area contributed by atoms with Gasteiger partial charge >= 0.3 is 0 Å². The van der Waals surface area contributed by atoms with Gasteiger partial charge in [-0.25, -0.2) is 8.78 Å². The Bertz CT molecular complexity index is 1330. The van der Waals surface area contributed by atoms with Crippen molar-refractivity contribution >= 4 is 34.7 Å². The number of amides is 1. The molecule has 2 aromatic carbocycles. The zero-order valence-corrected chi connectivity index (χ0v) is 18.6. The lowest BCUT2D eigenvalue weighted by Gasteiger charge is -2.25. The summed E-state index contributed by atoms with van der Waals surface area (Å²) in [4.78, 5) is 31.2. The van der Waals surface area contributed by atoms with Crippen molar-refractivity contribution in [3.8, 4) is 11.5 Å². The largest absolute Gasteiger partial charge is 0.507 e. The van der Waals surface area contributed by atoms with Crippen LogP contribution in [-0.4, -0.2) is 36.0 Å². The maximum absolute atomic E-state index is 14.7. The molecule has 7 nitrogen and oxygen atoms in total. The van der Waals surface area contributed by atoms with E-state index >= 15 is 0 Å². The van der Waals surface area contributed by atoms with Crippen LogP contribution in [0, 0.1) is 11.6 Å². The second kappa shape index (κ2) is 9.11. The first-order valence-corrected chi connectivity index (χ1v) is 10.2. The summed E-state index contributed by atoms with van der Waals surface area (Å²) in [7, 11) is 2.72. The number of ether oxygens (including phenoxy) is 2. The molecule has 0 saturated carbocycles. The van der Waals surface area contributed by atoms with Crippen LogP contribution in [0.25, 0.3) is 5.76 Å². The number of Topliss-reactive ketones (excluding diaryl/α,β-unsaturated/α-hetero) is 1. The molecule has 1 atom stereocenters. The van der Waals surface area contributed by atoms with Gasteiger partial charge in [-0.15, -0.1) is 0 Å². The van der Waals surface area contributed by atoms with E-state index in [2.05, 4.69) is 4.98 Å². The Kier molecular flexibility index (Phi) is 6.21. The molecule has 1 aliphatic rings. The molecule has 1 aliphatic heterocycles. The van der Waals surface area contributed by atoms with Crippen LogP contribution in [0.2, 0.25) is 5.02 Å². The van der Waals surface area contributed by atoms with E-state index in [9.17, 15) is 23.5 Å². The number of rotatable bonds is 5. The van der Waals surface area contributed by atoms with Crippen molar-refractivity contribution in [3.63, 3.8) is 0 Å². The van der Waals surface area contributed by atoms with Crippen molar-refractivity contribution in [2.75, 3.05) is 19.1 Å². The third kappa shape index (κ3) is 3.84. The minimum Gasteiger partial charge on any atom is -0.507 e. The molecule has 1 unspecified atom stereocenters. The van der Waals surface area contributed by atoms with Gasteiger partial charge in [0.25, 0.3) is 11.7 Å². The SMILES string of the molecule is COc1cc(OC)c(/C(O)=C2\C(=O)C(=O)N(c3cc(F)ccc3F)C2c2ccccn2)cc1Cl. The van der Waals surface area contributed by atoms with Crippen molar-refractivity contribution in [2.45, 2.75) is 6.04 Å². The average molecular weight is 487 g/mol. The Morgan fingerprint density at radius 3 is 2.44 bits per heavy atom. The van der Waals surface area contributed by atoms with Crippen LogP contribution in [0.4, 0.5) is 14.5 Å². The highest BCUT2D eigenvalue weighted by atomic mass is 35.5. The second-order valence-corrected chi connectivity index (χ2v) is 7.61. The number of aliphatic hydroxyl groups is 1. The third-order valence-electron chi connectivity index (χ3n) is 5.31. The molecule has 1 aromatic heterocycles. The number of aromatic nitrogens is 1. The highest BCUT2D eigenvalue weighted by molar-refractivity contribution is 6.51. The predicted molar refractivity (Wildman–Crippen MR) is 120 cm³/mol. The Morgan fingerprint density at radius 1 is 1.06 bits per heavy atom. The van der Waals surface area contributed by atoms with Gasteiger partial charge in [0.05, 0.1) is 41.8 Å². The third-order valence-corrected chi connectivity index (χ3v) is 5.60. The lowest BCUT2D eigenvalue weighted by molar-refractivity contribution is -0.132. The molecule has 3 aromatic rings. The summed E-state index contributed by atoms with van der Waals surface area (Å²) in [6.45, 7) is 0. The topological polar surface area (TPSA) is 89.0 Å². The lowest BCUT2D eigenvalue weighted by Crippen LogP contribution is -2.30. The highest BCUT2D eigenvalue weighted by Gasteiger charge is 2.48. The van der Waals surface area contributed by atoms with E-state index in [-0.39, 0.29) is 27.8 Å². The van der Waals surface area contributed by atoms with Crippen LogP contribution in [0.15, 0.2) is 60.3 Å². The van der Waals surface area contributed by atoms with Crippen LogP contribution in [0.1, 0.15) is 17.3 Å². The molecule has 1 N–H and O–H groups in total. The fourth-order valence-corrected chi connectivity index (χ4v) is 4.00. The molecular weight excluding hydrogens is 470 g/mol. The lowest BCUT2D eigenvalue weighted by atomic mass is 9.97. The number of hydrogen-bond donors (Lipinski definition) is 1. The zero-order valence-electron chi connectivity index (χ0n) is 17.9. The monoisotopic (exact) mass is 486 g/mol. The number of anilines is 1. The highest BCUT2D eigenvalue weighted by Crippen LogP contribution is 2.44. The number of aliphatic hydroxyl groups excluding tert-OH is 1. The van der Waals surface area contributed by atoms with Gasteiger partial charge in [0.2, 0.25) is 0 Å². The second-order valence-electron chi connectivity index (χ2n) is 7.21. The minimum atomic E-state index is -1.36. The van der Waals surface area contributed by atoms with E-state index in [1.54, 1.807) is 12.1 Å². The van der Waals surface area contributed by atoms with Gasteiger partial charge in [-0.1, -0.05) is 17.7 Å². The molecule has 4 rings (SSSR count). The van der Waals surface area contributed by atoms with Gasteiger partial charge in [-0.2, -0.15) is 0 Å². The van der Waals surface area contributed by atoms with E-state index in [0.29, 0.717) is 0 Å². The van der Waals surface area contributed by atoms with E-state index in [4.69, 9.17) is 21.1 Å². The molecule has 1 saturated heterocycles. The van der Waals surface area contributed by atoms with Gasteiger partial charge in [-0.3, -0.25) is 19.5 Å². The summed E-state index contributed by atoms with van der Waals surface area (Å²) in [6.07, 6.45) is 1.40. The Balaban J connectivity index is 2.01. The number of carbonyl (C=O) groups excluding carboxylic acids is 2. The number of halogens is 3. The van der Waals surface area contributed by atoms with Crippen LogP contribution < -0.4 is 14.4 Å². The summed E-state index contributed by atoms with van der Waals surface area (Å²) in [5.41, 5.74) is -0.735. The summed E-state index contributed by atoms with van der Waals surface area (Å²) in [6, 6.07) is 8.55. The Hall–Kier alpha value is -3.98. The van der Waals surface area contributed by atoms with Crippen molar-refractivity contribution in [1.82, 2.24) is 4.98 Å². The van der Waals surface area contributed by atoms with Gasteiger partial charge in [0, 0.05) is 18.3 Å². The van der Waals surface area contributed by atoms with Crippen LogP contribution >= 0.6 is 11.6 Å².